The Bertz CT molecular complexity index is 796. The molecule has 1 fully saturated rings. The topological polar surface area (TPSA) is 101 Å². The van der Waals surface area contributed by atoms with Gasteiger partial charge < -0.3 is 20.5 Å². The molecule has 2 amide bonds. The normalized spacial score (nSPS) is 21.9. The van der Waals surface area contributed by atoms with Gasteiger partial charge in [0.2, 0.25) is 0 Å². The van der Waals surface area contributed by atoms with E-state index >= 15 is 0 Å². The molecule has 1 aliphatic heterocycles. The summed E-state index contributed by atoms with van der Waals surface area (Å²) in [6.45, 7) is 4.24. The van der Waals surface area contributed by atoms with E-state index in [-0.39, 0.29) is 36.6 Å². The van der Waals surface area contributed by atoms with Crippen molar-refractivity contribution in [2.45, 2.75) is 63.9 Å². The number of nitrogens with one attached hydrogen (secondary N) is 2. The van der Waals surface area contributed by atoms with Crippen molar-refractivity contribution in [1.29, 1.82) is 0 Å². The first-order valence-corrected chi connectivity index (χ1v) is 9.94. The van der Waals surface area contributed by atoms with Gasteiger partial charge in [-0.25, -0.2) is 9.18 Å². The molecule has 9 heteroatoms. The second kappa shape index (κ2) is 9.80. The Balaban J connectivity index is 1.49. The fourth-order valence-electron chi connectivity index (χ4n) is 3.42. The summed E-state index contributed by atoms with van der Waals surface area (Å²) in [7, 11) is 0. The predicted molar refractivity (Wildman–Crippen MR) is 106 cm³/mol. The molecule has 2 aromatic rings. The Morgan fingerprint density at radius 3 is 2.79 bits per heavy atom. The van der Waals surface area contributed by atoms with Crippen LogP contribution < -0.4 is 10.6 Å². The number of nitrogens with zero attached hydrogens (tertiary/aromatic N) is 3. The molecule has 3 N–H and O–H groups in total. The third kappa shape index (κ3) is 5.98. The number of hydrogen-bond acceptors (Lipinski definition) is 5. The second-order valence-corrected chi connectivity index (χ2v) is 7.60. The van der Waals surface area contributed by atoms with E-state index in [2.05, 4.69) is 20.9 Å². The van der Waals surface area contributed by atoms with Crippen LogP contribution in [0.1, 0.15) is 33.1 Å². The van der Waals surface area contributed by atoms with Gasteiger partial charge in [-0.15, -0.1) is 5.10 Å². The van der Waals surface area contributed by atoms with Gasteiger partial charge in [0.1, 0.15) is 17.6 Å². The van der Waals surface area contributed by atoms with Gasteiger partial charge in [0.25, 0.3) is 0 Å². The average molecular weight is 405 g/mol. The van der Waals surface area contributed by atoms with E-state index in [4.69, 9.17) is 4.74 Å². The minimum Gasteiger partial charge on any atom is -0.394 e. The first kappa shape index (κ1) is 21.2. The zero-order valence-corrected chi connectivity index (χ0v) is 16.7. The van der Waals surface area contributed by atoms with Crippen molar-refractivity contribution in [2.75, 3.05) is 6.61 Å². The SMILES string of the molecule is CC(C)NC(=O)N[C@H]1CC[C@H](CCn2cc(-c3ccc(F)cc3)nn2)O[C@H]1CO. The summed E-state index contributed by atoms with van der Waals surface area (Å²) in [6.07, 6.45) is 3.59. The lowest BCUT2D eigenvalue weighted by Gasteiger charge is -2.36. The van der Waals surface area contributed by atoms with Crippen LogP contribution in [-0.2, 0) is 11.3 Å². The van der Waals surface area contributed by atoms with E-state index in [0.29, 0.717) is 18.7 Å². The molecule has 1 saturated heterocycles. The molecule has 2 heterocycles. The highest BCUT2D eigenvalue weighted by Crippen LogP contribution is 2.23. The van der Waals surface area contributed by atoms with Gasteiger partial charge in [-0.05, 0) is 57.4 Å². The lowest BCUT2D eigenvalue weighted by molar-refractivity contribution is -0.0908. The number of aliphatic hydroxyl groups excluding tert-OH is 1. The van der Waals surface area contributed by atoms with Crippen molar-refractivity contribution in [3.8, 4) is 11.3 Å². The highest BCUT2D eigenvalue weighted by molar-refractivity contribution is 5.74. The summed E-state index contributed by atoms with van der Waals surface area (Å²) in [5.41, 5.74) is 1.49. The number of hydrogen-bond donors (Lipinski definition) is 3. The summed E-state index contributed by atoms with van der Waals surface area (Å²) in [5, 5.41) is 23.6. The maximum atomic E-state index is 13.0. The van der Waals surface area contributed by atoms with Crippen LogP contribution in [0.25, 0.3) is 11.3 Å². The van der Waals surface area contributed by atoms with Gasteiger partial charge in [-0.2, -0.15) is 0 Å². The van der Waals surface area contributed by atoms with Crippen LogP contribution in [0, 0.1) is 5.82 Å². The summed E-state index contributed by atoms with van der Waals surface area (Å²) in [4.78, 5) is 11.9. The first-order chi connectivity index (χ1) is 13.9. The van der Waals surface area contributed by atoms with Crippen LogP contribution >= 0.6 is 0 Å². The molecule has 0 saturated carbocycles. The summed E-state index contributed by atoms with van der Waals surface area (Å²) in [6, 6.07) is 5.70. The van der Waals surface area contributed by atoms with Crippen molar-refractivity contribution in [1.82, 2.24) is 25.6 Å². The molecule has 3 rings (SSSR count). The zero-order chi connectivity index (χ0) is 20.8. The molecule has 0 spiro atoms. The molecular weight excluding hydrogens is 377 g/mol. The van der Waals surface area contributed by atoms with Crippen LogP contribution in [0.3, 0.4) is 0 Å². The van der Waals surface area contributed by atoms with Crippen LogP contribution in [0.15, 0.2) is 30.5 Å². The van der Waals surface area contributed by atoms with Crippen LogP contribution in [0.5, 0.6) is 0 Å². The molecule has 1 aromatic carbocycles. The van der Waals surface area contributed by atoms with Gasteiger partial charge in [-0.3, -0.25) is 4.68 Å². The number of carbonyl (C=O) groups excluding carboxylic acids is 1. The lowest BCUT2D eigenvalue weighted by Crippen LogP contribution is -2.54. The fourth-order valence-corrected chi connectivity index (χ4v) is 3.42. The second-order valence-electron chi connectivity index (χ2n) is 7.60. The van der Waals surface area contributed by atoms with Crippen LogP contribution in [-0.4, -0.2) is 57.0 Å². The standard InChI is InChI=1S/C20H28FN5O3/c1-13(2)22-20(28)23-17-8-7-16(29-19(17)12-27)9-10-26-11-18(24-25-26)14-3-5-15(21)6-4-14/h3-6,11,13,16-17,19,27H,7-10,12H2,1-2H3,(H2,22,23,28)/t16-,17+,19+/m1/s1. The highest BCUT2D eigenvalue weighted by Gasteiger charge is 2.31. The Hall–Kier alpha value is -2.52. The van der Waals surface area contributed by atoms with E-state index in [9.17, 15) is 14.3 Å². The number of amides is 2. The summed E-state index contributed by atoms with van der Waals surface area (Å²) in [5.74, 6) is -0.288. The maximum absolute atomic E-state index is 13.0. The Morgan fingerprint density at radius 2 is 2.10 bits per heavy atom. The van der Waals surface area contributed by atoms with E-state index in [0.717, 1.165) is 18.4 Å². The molecule has 8 nitrogen and oxygen atoms in total. The molecule has 1 aliphatic rings. The number of benzene rings is 1. The molecule has 158 valence electrons. The number of halogens is 1. The minimum absolute atomic E-state index is 0.0307. The minimum atomic E-state index is -0.433. The van der Waals surface area contributed by atoms with E-state index < -0.39 is 6.10 Å². The Morgan fingerprint density at radius 1 is 1.34 bits per heavy atom. The Kier molecular flexibility index (Phi) is 7.16. The van der Waals surface area contributed by atoms with Crippen LogP contribution in [0.2, 0.25) is 0 Å². The van der Waals surface area contributed by atoms with Crippen molar-refractivity contribution >= 4 is 6.03 Å². The molecule has 0 unspecified atom stereocenters. The number of urea groups is 1. The van der Waals surface area contributed by atoms with Gasteiger partial charge in [0.05, 0.1) is 24.9 Å². The number of aryl methyl sites for hydroxylation is 1. The van der Waals surface area contributed by atoms with Gasteiger partial charge in [-0.1, -0.05) is 5.21 Å². The van der Waals surface area contributed by atoms with Crippen molar-refractivity contribution in [3.05, 3.63) is 36.3 Å². The molecule has 29 heavy (non-hydrogen) atoms. The van der Waals surface area contributed by atoms with E-state index in [1.165, 1.54) is 12.1 Å². The highest BCUT2D eigenvalue weighted by atomic mass is 19.1. The van der Waals surface area contributed by atoms with Crippen molar-refractivity contribution in [3.63, 3.8) is 0 Å². The van der Waals surface area contributed by atoms with Gasteiger partial charge in [0.15, 0.2) is 0 Å². The molecule has 3 atom stereocenters. The fraction of sp³-hybridized carbons (Fsp3) is 0.550. The average Bonchev–Trinajstić information content (AvgIpc) is 3.16. The van der Waals surface area contributed by atoms with Crippen LogP contribution in [0.4, 0.5) is 9.18 Å². The number of carbonyl (C=O) groups is 1. The number of rotatable bonds is 7. The molecule has 0 bridgehead atoms. The van der Waals surface area contributed by atoms with E-state index in [1.54, 1.807) is 16.8 Å². The first-order valence-electron chi connectivity index (χ1n) is 9.94. The third-order valence-electron chi connectivity index (χ3n) is 4.89. The summed E-state index contributed by atoms with van der Waals surface area (Å²) < 4.78 is 20.8. The maximum Gasteiger partial charge on any atom is 0.315 e. The number of aromatic nitrogens is 3. The van der Waals surface area contributed by atoms with Crippen molar-refractivity contribution in [2.24, 2.45) is 0 Å². The molecule has 0 radical (unpaired) electrons. The largest absolute Gasteiger partial charge is 0.394 e. The monoisotopic (exact) mass is 405 g/mol. The molecule has 1 aromatic heterocycles. The zero-order valence-electron chi connectivity index (χ0n) is 16.7. The lowest BCUT2D eigenvalue weighted by atomic mass is 9.97. The van der Waals surface area contributed by atoms with Crippen molar-refractivity contribution < 1.29 is 19.0 Å². The number of aliphatic hydroxyl groups is 1. The third-order valence-corrected chi connectivity index (χ3v) is 4.89. The summed E-state index contributed by atoms with van der Waals surface area (Å²) >= 11 is 0. The predicted octanol–water partition coefficient (Wildman–Crippen LogP) is 2.09. The smallest absolute Gasteiger partial charge is 0.315 e. The van der Waals surface area contributed by atoms with Gasteiger partial charge >= 0.3 is 6.03 Å². The quantitative estimate of drug-likeness (QED) is 0.655. The molecule has 0 aliphatic carbocycles. The number of ether oxygens (including phenoxy) is 1. The Labute approximate surface area is 169 Å². The van der Waals surface area contributed by atoms with Gasteiger partial charge in [0, 0.05) is 18.2 Å². The molecular formula is C20H28FN5O3. The van der Waals surface area contributed by atoms with E-state index in [1.807, 2.05) is 20.0 Å².